The normalized spacial score (nSPS) is 31.8. The lowest BCUT2D eigenvalue weighted by Crippen LogP contribution is -2.33. The van der Waals surface area contributed by atoms with Crippen molar-refractivity contribution >= 4 is 11.5 Å². The van der Waals surface area contributed by atoms with Crippen LogP contribution in [-0.2, 0) is 0 Å². The van der Waals surface area contributed by atoms with Crippen molar-refractivity contribution in [1.82, 2.24) is 0 Å². The topological polar surface area (TPSA) is 24.7 Å². The van der Waals surface area contributed by atoms with Gasteiger partial charge in [0.15, 0.2) is 0 Å². The molecular formula is C11H14N2. The van der Waals surface area contributed by atoms with Crippen LogP contribution in [0.3, 0.4) is 0 Å². The van der Waals surface area contributed by atoms with Crippen molar-refractivity contribution in [2.75, 3.05) is 0 Å². The summed E-state index contributed by atoms with van der Waals surface area (Å²) in [5.74, 6) is 0.896. The van der Waals surface area contributed by atoms with Gasteiger partial charge < -0.3 is 0 Å². The Morgan fingerprint density at radius 1 is 1.38 bits per heavy atom. The molecule has 0 amide bonds. The Hall–Kier alpha value is -1.18. The van der Waals surface area contributed by atoms with Crippen molar-refractivity contribution in [3.8, 4) is 0 Å². The first-order valence-electron chi connectivity index (χ1n) is 4.61. The Balaban J connectivity index is 2.53. The van der Waals surface area contributed by atoms with Crippen LogP contribution in [0.2, 0.25) is 0 Å². The summed E-state index contributed by atoms with van der Waals surface area (Å²) in [4.78, 5) is 8.97. The fourth-order valence-corrected chi connectivity index (χ4v) is 2.05. The molecule has 0 N–H and O–H groups in total. The molecule has 0 aromatic carbocycles. The number of nitrogens with zero attached hydrogens (tertiary/aromatic N) is 2. The van der Waals surface area contributed by atoms with Crippen molar-refractivity contribution in [2.24, 2.45) is 9.98 Å². The van der Waals surface area contributed by atoms with E-state index in [9.17, 15) is 0 Å². The van der Waals surface area contributed by atoms with Gasteiger partial charge in [0, 0.05) is 11.3 Å². The highest BCUT2D eigenvalue weighted by Crippen LogP contribution is 2.32. The first-order valence-corrected chi connectivity index (χ1v) is 4.61. The molecule has 0 bridgehead atoms. The molecule has 1 atom stereocenters. The maximum Gasteiger partial charge on any atom is 0.121 e. The summed E-state index contributed by atoms with van der Waals surface area (Å²) in [6.45, 7) is 6.19. The van der Waals surface area contributed by atoms with E-state index in [1.165, 1.54) is 5.57 Å². The summed E-state index contributed by atoms with van der Waals surface area (Å²) in [7, 11) is 0. The minimum atomic E-state index is -0.0509. The lowest BCUT2D eigenvalue weighted by atomic mass is 9.82. The summed E-state index contributed by atoms with van der Waals surface area (Å²) < 4.78 is 0. The van der Waals surface area contributed by atoms with Crippen molar-refractivity contribution in [3.63, 3.8) is 0 Å². The van der Waals surface area contributed by atoms with Gasteiger partial charge in [-0.05, 0) is 27.2 Å². The molecule has 1 aliphatic carbocycles. The van der Waals surface area contributed by atoms with Crippen LogP contribution < -0.4 is 0 Å². The Morgan fingerprint density at radius 2 is 2.15 bits per heavy atom. The maximum absolute atomic E-state index is 4.60. The molecule has 0 aromatic rings. The summed E-state index contributed by atoms with van der Waals surface area (Å²) in [5.41, 5.74) is 2.32. The number of rotatable bonds is 0. The largest absolute Gasteiger partial charge is 0.259 e. The summed E-state index contributed by atoms with van der Waals surface area (Å²) >= 11 is 0. The first-order chi connectivity index (χ1) is 6.12. The quantitative estimate of drug-likeness (QED) is 0.539. The summed E-state index contributed by atoms with van der Waals surface area (Å²) in [6.07, 6.45) is 7.37. The van der Waals surface area contributed by atoms with Crippen LogP contribution in [0.25, 0.3) is 0 Å². The molecule has 1 heterocycles. The zero-order valence-corrected chi connectivity index (χ0v) is 8.33. The molecule has 2 aliphatic rings. The van der Waals surface area contributed by atoms with Gasteiger partial charge in [-0.25, -0.2) is 4.99 Å². The van der Waals surface area contributed by atoms with Crippen LogP contribution in [0.5, 0.6) is 0 Å². The second kappa shape index (κ2) is 2.66. The van der Waals surface area contributed by atoms with Crippen LogP contribution in [0.15, 0.2) is 33.8 Å². The zero-order valence-electron chi connectivity index (χ0n) is 8.33. The van der Waals surface area contributed by atoms with Crippen molar-refractivity contribution in [2.45, 2.75) is 32.7 Å². The van der Waals surface area contributed by atoms with Gasteiger partial charge in [-0.3, -0.25) is 4.99 Å². The molecule has 13 heavy (non-hydrogen) atoms. The predicted octanol–water partition coefficient (Wildman–Crippen LogP) is 2.52. The molecule has 0 spiro atoms. The minimum Gasteiger partial charge on any atom is -0.259 e. The average molecular weight is 174 g/mol. The number of hydrogen-bond acceptors (Lipinski definition) is 2. The van der Waals surface area contributed by atoms with Gasteiger partial charge in [-0.1, -0.05) is 18.2 Å². The van der Waals surface area contributed by atoms with Crippen molar-refractivity contribution < 1.29 is 0 Å². The van der Waals surface area contributed by atoms with Gasteiger partial charge in [-0.2, -0.15) is 0 Å². The van der Waals surface area contributed by atoms with E-state index >= 15 is 0 Å². The van der Waals surface area contributed by atoms with Crippen LogP contribution >= 0.6 is 0 Å². The molecule has 2 rings (SSSR count). The minimum absolute atomic E-state index is 0.0509. The molecule has 1 unspecified atom stereocenters. The molecule has 1 aliphatic heterocycles. The molecule has 2 nitrogen and oxygen atoms in total. The van der Waals surface area contributed by atoms with Crippen molar-refractivity contribution in [3.05, 3.63) is 23.8 Å². The molecule has 0 saturated heterocycles. The van der Waals surface area contributed by atoms with Gasteiger partial charge in [0.1, 0.15) is 5.84 Å². The van der Waals surface area contributed by atoms with Crippen LogP contribution in [0, 0.1) is 0 Å². The van der Waals surface area contributed by atoms with E-state index < -0.39 is 0 Å². The highest BCUT2D eigenvalue weighted by atomic mass is 15.0. The fourth-order valence-electron chi connectivity index (χ4n) is 2.05. The smallest absolute Gasteiger partial charge is 0.121 e. The molecule has 0 saturated carbocycles. The Morgan fingerprint density at radius 3 is 2.92 bits per heavy atom. The predicted molar refractivity (Wildman–Crippen MR) is 56.5 cm³/mol. The fraction of sp³-hybridized carbons (Fsp3) is 0.455. The van der Waals surface area contributed by atoms with E-state index in [0.717, 1.165) is 18.0 Å². The second-order valence-electron chi connectivity index (χ2n) is 3.84. The molecular weight excluding hydrogens is 160 g/mol. The molecule has 68 valence electrons. The average Bonchev–Trinajstić information content (AvgIpc) is 2.01. The van der Waals surface area contributed by atoms with Crippen LogP contribution in [0.1, 0.15) is 27.2 Å². The number of aliphatic imine (C=N–C) groups is 2. The highest BCUT2D eigenvalue weighted by molar-refractivity contribution is 6.09. The maximum atomic E-state index is 4.60. The zero-order chi connectivity index (χ0) is 9.47. The van der Waals surface area contributed by atoms with Gasteiger partial charge in [-0.15, -0.1) is 0 Å². The second-order valence-corrected chi connectivity index (χ2v) is 3.84. The summed E-state index contributed by atoms with van der Waals surface area (Å²) in [6, 6.07) is 0. The third-order valence-corrected chi connectivity index (χ3v) is 2.62. The number of allylic oxidation sites excluding steroid dienone is 2. The SMILES string of the molecule is CC1=NC2(C)CC=CC=C2C(C)=N1. The molecule has 0 aromatic heterocycles. The third-order valence-electron chi connectivity index (χ3n) is 2.62. The van der Waals surface area contributed by atoms with Crippen molar-refractivity contribution in [1.29, 1.82) is 0 Å². The summed E-state index contributed by atoms with van der Waals surface area (Å²) in [5, 5.41) is 0. The third kappa shape index (κ3) is 1.26. The van der Waals surface area contributed by atoms with Gasteiger partial charge in [0.25, 0.3) is 0 Å². The number of hydrogen-bond donors (Lipinski definition) is 0. The molecule has 0 radical (unpaired) electrons. The van der Waals surface area contributed by atoms with Gasteiger partial charge in [0.05, 0.1) is 5.54 Å². The highest BCUT2D eigenvalue weighted by Gasteiger charge is 2.32. The van der Waals surface area contributed by atoms with E-state index in [2.05, 4.69) is 42.1 Å². The van der Waals surface area contributed by atoms with E-state index in [1.54, 1.807) is 0 Å². The van der Waals surface area contributed by atoms with E-state index in [-0.39, 0.29) is 5.54 Å². The van der Waals surface area contributed by atoms with E-state index in [4.69, 9.17) is 0 Å². The van der Waals surface area contributed by atoms with E-state index in [1.807, 2.05) is 6.92 Å². The monoisotopic (exact) mass is 174 g/mol. The van der Waals surface area contributed by atoms with Crippen LogP contribution in [-0.4, -0.2) is 17.1 Å². The molecule has 2 heteroatoms. The Kier molecular flexibility index (Phi) is 1.72. The Bertz CT molecular complexity index is 358. The number of fused-ring (bicyclic) bond motifs is 1. The standard InChI is InChI=1S/C11H14N2/c1-8-10-6-4-5-7-11(10,3)13-9(2)12-8/h4-6H,7H2,1-3H3. The first kappa shape index (κ1) is 8.42. The lowest BCUT2D eigenvalue weighted by molar-refractivity contribution is 0.569. The lowest BCUT2D eigenvalue weighted by Gasteiger charge is -2.32. The molecule has 0 fully saturated rings. The number of amidine groups is 1. The van der Waals surface area contributed by atoms with Gasteiger partial charge in [0.2, 0.25) is 0 Å². The van der Waals surface area contributed by atoms with Gasteiger partial charge >= 0.3 is 0 Å². The van der Waals surface area contributed by atoms with E-state index in [0.29, 0.717) is 0 Å². The Labute approximate surface area is 78.8 Å². The van der Waals surface area contributed by atoms with Crippen LogP contribution in [0.4, 0.5) is 0 Å².